The maximum Gasteiger partial charge on any atom is 0.227 e. The van der Waals surface area contributed by atoms with Crippen molar-refractivity contribution in [1.29, 1.82) is 0 Å². The van der Waals surface area contributed by atoms with Gasteiger partial charge in [0.1, 0.15) is 0 Å². The lowest BCUT2D eigenvalue weighted by molar-refractivity contribution is -0.136. The molecule has 0 radical (unpaired) electrons. The third kappa shape index (κ3) is 3.40. The molecule has 22 heavy (non-hydrogen) atoms. The van der Waals surface area contributed by atoms with Gasteiger partial charge in [0, 0.05) is 25.2 Å². The van der Waals surface area contributed by atoms with Gasteiger partial charge in [-0.3, -0.25) is 9.69 Å². The molecule has 5 atom stereocenters. The van der Waals surface area contributed by atoms with Crippen LogP contribution in [0.15, 0.2) is 0 Å². The van der Waals surface area contributed by atoms with Crippen molar-refractivity contribution >= 4 is 30.7 Å². The number of nitrogens with zero attached hydrogens (tertiary/aromatic N) is 2. The van der Waals surface area contributed by atoms with E-state index < -0.39 is 0 Å². The van der Waals surface area contributed by atoms with E-state index in [1.807, 2.05) is 0 Å². The summed E-state index contributed by atoms with van der Waals surface area (Å²) >= 11 is 0. The molecule has 2 aliphatic carbocycles. The van der Waals surface area contributed by atoms with Gasteiger partial charge in [0.2, 0.25) is 5.91 Å². The van der Waals surface area contributed by atoms with E-state index in [-0.39, 0.29) is 36.8 Å². The molecule has 3 aliphatic rings. The molecule has 1 amide bonds. The molecule has 0 aromatic carbocycles. The maximum absolute atomic E-state index is 12.8. The lowest BCUT2D eigenvalue weighted by Gasteiger charge is -2.31. The van der Waals surface area contributed by atoms with Crippen molar-refractivity contribution < 1.29 is 4.79 Å². The van der Waals surface area contributed by atoms with Crippen molar-refractivity contribution in [2.75, 3.05) is 26.2 Å². The standard InChI is InChI=1S/C16H29N3O.2ClH/c1-3-18(4-2)13-7-8-19(10-13)16(20)14-11-5-6-12(9-11)15(14)17;;/h11-15H,3-10,17H2,1-2H3;2*1H. The molecule has 0 aromatic rings. The fourth-order valence-electron chi connectivity index (χ4n) is 4.89. The summed E-state index contributed by atoms with van der Waals surface area (Å²) in [5.74, 6) is 1.69. The van der Waals surface area contributed by atoms with Gasteiger partial charge in [-0.15, -0.1) is 24.8 Å². The lowest BCUT2D eigenvalue weighted by atomic mass is 9.84. The highest BCUT2D eigenvalue weighted by atomic mass is 35.5. The number of halogens is 2. The molecule has 3 fully saturated rings. The molecule has 0 aromatic heterocycles. The maximum atomic E-state index is 12.8. The summed E-state index contributed by atoms with van der Waals surface area (Å²) in [5, 5.41) is 0. The number of amides is 1. The average molecular weight is 352 g/mol. The Kier molecular flexibility index (Phi) is 7.44. The molecule has 1 saturated heterocycles. The number of carbonyl (C=O) groups is 1. The number of carbonyl (C=O) groups excluding carboxylic acids is 1. The Balaban J connectivity index is 0.00000121. The van der Waals surface area contributed by atoms with Gasteiger partial charge in [0.25, 0.3) is 0 Å². The van der Waals surface area contributed by atoms with Crippen LogP contribution in [0.25, 0.3) is 0 Å². The zero-order valence-corrected chi connectivity index (χ0v) is 15.4. The van der Waals surface area contributed by atoms with Crippen LogP contribution in [0.2, 0.25) is 0 Å². The van der Waals surface area contributed by atoms with Gasteiger partial charge in [-0.2, -0.15) is 0 Å². The monoisotopic (exact) mass is 351 g/mol. The minimum Gasteiger partial charge on any atom is -0.341 e. The predicted molar refractivity (Wildman–Crippen MR) is 94.7 cm³/mol. The summed E-state index contributed by atoms with van der Waals surface area (Å²) in [5.41, 5.74) is 6.32. The molecule has 6 heteroatoms. The van der Waals surface area contributed by atoms with Gasteiger partial charge >= 0.3 is 0 Å². The van der Waals surface area contributed by atoms with Crippen LogP contribution in [0.4, 0.5) is 0 Å². The number of hydrogen-bond acceptors (Lipinski definition) is 3. The Morgan fingerprint density at radius 2 is 1.77 bits per heavy atom. The number of hydrogen-bond donors (Lipinski definition) is 1. The molecular formula is C16H31Cl2N3O. The van der Waals surface area contributed by atoms with Gasteiger partial charge in [-0.1, -0.05) is 13.8 Å². The van der Waals surface area contributed by atoms with E-state index in [9.17, 15) is 4.79 Å². The number of likely N-dealkylation sites (tertiary alicyclic amines) is 1. The Bertz CT molecular complexity index is 376. The smallest absolute Gasteiger partial charge is 0.227 e. The van der Waals surface area contributed by atoms with Crippen LogP contribution in [-0.4, -0.2) is 54.0 Å². The second-order valence-electron chi connectivity index (χ2n) is 6.88. The molecule has 2 bridgehead atoms. The molecule has 1 aliphatic heterocycles. The van der Waals surface area contributed by atoms with Crippen LogP contribution in [0, 0.1) is 17.8 Å². The molecule has 130 valence electrons. The van der Waals surface area contributed by atoms with Crippen molar-refractivity contribution in [3.63, 3.8) is 0 Å². The molecule has 2 saturated carbocycles. The fourth-order valence-corrected chi connectivity index (χ4v) is 4.89. The second-order valence-corrected chi connectivity index (χ2v) is 6.88. The van der Waals surface area contributed by atoms with Gasteiger partial charge < -0.3 is 10.6 Å². The Morgan fingerprint density at radius 3 is 2.32 bits per heavy atom. The fraction of sp³-hybridized carbons (Fsp3) is 0.938. The van der Waals surface area contributed by atoms with Crippen LogP contribution in [0.5, 0.6) is 0 Å². The first-order valence-corrected chi connectivity index (χ1v) is 8.44. The van der Waals surface area contributed by atoms with Crippen LogP contribution in [0.1, 0.15) is 39.5 Å². The number of likely N-dealkylation sites (N-methyl/N-ethyl adjacent to an activating group) is 1. The normalized spacial score (nSPS) is 36.4. The van der Waals surface area contributed by atoms with E-state index in [2.05, 4.69) is 23.6 Å². The summed E-state index contributed by atoms with van der Waals surface area (Å²) in [4.78, 5) is 17.4. The minimum absolute atomic E-state index is 0. The van der Waals surface area contributed by atoms with E-state index in [4.69, 9.17) is 5.73 Å². The van der Waals surface area contributed by atoms with Gasteiger partial charge in [-0.25, -0.2) is 0 Å². The molecule has 3 rings (SSSR count). The summed E-state index contributed by atoms with van der Waals surface area (Å²) in [6, 6.07) is 0.692. The van der Waals surface area contributed by atoms with Gasteiger partial charge in [0.15, 0.2) is 0 Å². The first kappa shape index (κ1) is 20.0. The molecule has 4 nitrogen and oxygen atoms in total. The summed E-state index contributed by atoms with van der Waals surface area (Å²) in [6.07, 6.45) is 4.80. The van der Waals surface area contributed by atoms with Gasteiger partial charge in [-0.05, 0) is 50.6 Å². The SMILES string of the molecule is CCN(CC)C1CCN(C(=O)C2C3CCC(C3)C2N)C1.Cl.Cl. The van der Waals surface area contributed by atoms with Crippen LogP contribution < -0.4 is 5.73 Å². The zero-order chi connectivity index (χ0) is 14.3. The van der Waals surface area contributed by atoms with Crippen molar-refractivity contribution in [2.45, 2.75) is 51.6 Å². The Hall–Kier alpha value is -0.0300. The highest BCUT2D eigenvalue weighted by Crippen LogP contribution is 2.48. The van der Waals surface area contributed by atoms with Crippen LogP contribution in [0.3, 0.4) is 0 Å². The van der Waals surface area contributed by atoms with E-state index in [0.717, 1.165) is 32.6 Å². The Morgan fingerprint density at radius 1 is 1.14 bits per heavy atom. The number of fused-ring (bicyclic) bond motifs is 2. The lowest BCUT2D eigenvalue weighted by Crippen LogP contribution is -2.47. The van der Waals surface area contributed by atoms with Crippen molar-refractivity contribution in [2.24, 2.45) is 23.5 Å². The number of rotatable bonds is 4. The van der Waals surface area contributed by atoms with E-state index in [1.165, 1.54) is 19.3 Å². The van der Waals surface area contributed by atoms with E-state index >= 15 is 0 Å². The third-order valence-electron chi connectivity index (χ3n) is 6.07. The van der Waals surface area contributed by atoms with Crippen molar-refractivity contribution in [3.8, 4) is 0 Å². The molecule has 0 spiro atoms. The van der Waals surface area contributed by atoms with Gasteiger partial charge in [0.05, 0.1) is 5.92 Å². The zero-order valence-electron chi connectivity index (χ0n) is 13.7. The van der Waals surface area contributed by atoms with Crippen LogP contribution in [-0.2, 0) is 4.79 Å². The third-order valence-corrected chi connectivity index (χ3v) is 6.07. The predicted octanol–water partition coefficient (Wildman–Crippen LogP) is 2.15. The Labute approximate surface area is 147 Å². The quantitative estimate of drug-likeness (QED) is 0.843. The first-order valence-electron chi connectivity index (χ1n) is 8.44. The highest BCUT2D eigenvalue weighted by Gasteiger charge is 2.50. The topological polar surface area (TPSA) is 49.6 Å². The largest absolute Gasteiger partial charge is 0.341 e. The summed E-state index contributed by atoms with van der Waals surface area (Å²) < 4.78 is 0. The highest BCUT2D eigenvalue weighted by molar-refractivity contribution is 5.85. The first-order chi connectivity index (χ1) is 9.65. The van der Waals surface area contributed by atoms with Crippen LogP contribution >= 0.6 is 24.8 Å². The molecule has 5 unspecified atom stereocenters. The summed E-state index contributed by atoms with van der Waals surface area (Å²) in [6.45, 7) is 8.43. The van der Waals surface area contributed by atoms with E-state index in [0.29, 0.717) is 23.8 Å². The second kappa shape index (κ2) is 8.18. The number of nitrogens with two attached hydrogens (primary N) is 1. The van der Waals surface area contributed by atoms with E-state index in [1.54, 1.807) is 0 Å². The average Bonchev–Trinajstić information content (AvgIpc) is 3.14. The van der Waals surface area contributed by atoms with Crippen molar-refractivity contribution in [3.05, 3.63) is 0 Å². The molecule has 1 heterocycles. The minimum atomic E-state index is 0. The van der Waals surface area contributed by atoms with Crippen molar-refractivity contribution in [1.82, 2.24) is 9.80 Å². The summed E-state index contributed by atoms with van der Waals surface area (Å²) in [7, 11) is 0. The molecular weight excluding hydrogens is 321 g/mol. The molecule has 2 N–H and O–H groups in total.